The number of benzene rings is 1. The van der Waals surface area contributed by atoms with Crippen molar-refractivity contribution in [1.29, 1.82) is 0 Å². The van der Waals surface area contributed by atoms with Crippen molar-refractivity contribution >= 4 is 17.2 Å². The molecule has 0 aliphatic carbocycles. The summed E-state index contributed by atoms with van der Waals surface area (Å²) in [5.74, 6) is 0.155. The fourth-order valence-corrected chi connectivity index (χ4v) is 2.67. The number of halogens is 2. The smallest absolute Gasteiger partial charge is 0.387 e. The van der Waals surface area contributed by atoms with Gasteiger partial charge in [0.05, 0.1) is 0 Å². The number of rotatable bonds is 8. The molecule has 2 rings (SSSR count). The van der Waals surface area contributed by atoms with E-state index in [1.165, 1.54) is 17.7 Å². The summed E-state index contributed by atoms with van der Waals surface area (Å²) in [4.78, 5) is 11.7. The maximum atomic E-state index is 12.0. The molecule has 0 spiro atoms. The molecular weight excluding hydrogens is 308 g/mol. The molecule has 0 bridgehead atoms. The van der Waals surface area contributed by atoms with E-state index in [0.29, 0.717) is 19.4 Å². The van der Waals surface area contributed by atoms with Gasteiger partial charge < -0.3 is 10.1 Å². The first-order valence-electron chi connectivity index (χ1n) is 6.95. The number of aryl methyl sites for hydroxylation is 1. The van der Waals surface area contributed by atoms with Crippen LogP contribution in [0.5, 0.6) is 5.75 Å². The Hall–Kier alpha value is -1.95. The molecule has 1 N–H and O–H groups in total. The summed E-state index contributed by atoms with van der Waals surface area (Å²) in [7, 11) is 0. The molecule has 0 saturated heterocycles. The average molecular weight is 325 g/mol. The number of carbonyl (C=O) groups is 1. The van der Waals surface area contributed by atoms with Crippen LogP contribution in [0.4, 0.5) is 8.78 Å². The van der Waals surface area contributed by atoms with Crippen molar-refractivity contribution in [2.75, 3.05) is 6.54 Å². The maximum Gasteiger partial charge on any atom is 0.387 e. The zero-order chi connectivity index (χ0) is 15.8. The summed E-state index contributed by atoms with van der Waals surface area (Å²) in [6, 6.07) is 8.45. The molecule has 118 valence electrons. The minimum Gasteiger partial charge on any atom is -0.435 e. The van der Waals surface area contributed by atoms with Crippen molar-refractivity contribution in [2.24, 2.45) is 0 Å². The van der Waals surface area contributed by atoms with Gasteiger partial charge >= 0.3 is 6.61 Å². The van der Waals surface area contributed by atoms with Gasteiger partial charge in [-0.3, -0.25) is 4.79 Å². The lowest BCUT2D eigenvalue weighted by atomic mass is 10.1. The molecule has 0 radical (unpaired) electrons. The number of thiophene rings is 1. The minimum atomic E-state index is -2.81. The largest absolute Gasteiger partial charge is 0.435 e. The SMILES string of the molecule is O=C(CCc1ccsc1)NCCc1ccc(OC(F)F)cc1. The topological polar surface area (TPSA) is 38.3 Å². The summed E-state index contributed by atoms with van der Waals surface area (Å²) in [5, 5.41) is 6.89. The first-order valence-corrected chi connectivity index (χ1v) is 7.89. The highest BCUT2D eigenvalue weighted by molar-refractivity contribution is 7.07. The molecule has 1 aromatic carbocycles. The van der Waals surface area contributed by atoms with Gasteiger partial charge in [0.2, 0.25) is 5.91 Å². The van der Waals surface area contributed by atoms with Gasteiger partial charge in [-0.25, -0.2) is 0 Å². The minimum absolute atomic E-state index is 0.0175. The number of alkyl halides is 2. The van der Waals surface area contributed by atoms with Gasteiger partial charge in [-0.1, -0.05) is 12.1 Å². The van der Waals surface area contributed by atoms with E-state index in [9.17, 15) is 13.6 Å². The van der Waals surface area contributed by atoms with Crippen molar-refractivity contribution in [1.82, 2.24) is 5.32 Å². The molecule has 0 saturated carbocycles. The normalized spacial score (nSPS) is 10.7. The highest BCUT2D eigenvalue weighted by Gasteiger charge is 2.05. The molecule has 1 aromatic heterocycles. The van der Waals surface area contributed by atoms with Crippen LogP contribution in [0.2, 0.25) is 0 Å². The van der Waals surface area contributed by atoms with Crippen LogP contribution in [-0.4, -0.2) is 19.1 Å². The van der Waals surface area contributed by atoms with E-state index in [2.05, 4.69) is 10.1 Å². The summed E-state index contributed by atoms with van der Waals surface area (Å²) in [5.41, 5.74) is 2.13. The zero-order valence-electron chi connectivity index (χ0n) is 11.9. The predicted molar refractivity (Wildman–Crippen MR) is 82.4 cm³/mol. The van der Waals surface area contributed by atoms with Crippen LogP contribution in [-0.2, 0) is 17.6 Å². The number of amides is 1. The van der Waals surface area contributed by atoms with Gasteiger partial charge in [0.25, 0.3) is 0 Å². The molecule has 22 heavy (non-hydrogen) atoms. The van der Waals surface area contributed by atoms with E-state index in [1.807, 2.05) is 16.8 Å². The second-order valence-corrected chi connectivity index (χ2v) is 5.53. The van der Waals surface area contributed by atoms with E-state index in [4.69, 9.17) is 0 Å². The summed E-state index contributed by atoms with van der Waals surface area (Å²) >= 11 is 1.62. The van der Waals surface area contributed by atoms with Crippen molar-refractivity contribution in [2.45, 2.75) is 25.9 Å². The number of ether oxygens (including phenoxy) is 1. The Morgan fingerprint density at radius 1 is 1.14 bits per heavy atom. The van der Waals surface area contributed by atoms with Crippen molar-refractivity contribution < 1.29 is 18.3 Å². The van der Waals surface area contributed by atoms with Gasteiger partial charge in [0, 0.05) is 13.0 Å². The van der Waals surface area contributed by atoms with Crippen LogP contribution in [0, 0.1) is 0 Å². The maximum absolute atomic E-state index is 12.0. The lowest BCUT2D eigenvalue weighted by Gasteiger charge is -2.07. The molecule has 0 atom stereocenters. The molecule has 0 fully saturated rings. The first kappa shape index (κ1) is 16.4. The van der Waals surface area contributed by atoms with Crippen LogP contribution in [0.1, 0.15) is 17.5 Å². The van der Waals surface area contributed by atoms with Crippen LogP contribution in [0.3, 0.4) is 0 Å². The summed E-state index contributed by atoms with van der Waals surface area (Å²) in [6.45, 7) is -2.29. The Morgan fingerprint density at radius 3 is 2.55 bits per heavy atom. The summed E-state index contributed by atoms with van der Waals surface area (Å²) < 4.78 is 28.3. The molecule has 2 aromatic rings. The van der Waals surface area contributed by atoms with Crippen LogP contribution in [0.15, 0.2) is 41.1 Å². The fourth-order valence-electron chi connectivity index (χ4n) is 1.96. The first-order chi connectivity index (χ1) is 10.6. The molecule has 0 aliphatic heterocycles. The molecule has 0 unspecified atom stereocenters. The van der Waals surface area contributed by atoms with Gasteiger partial charge in [0.1, 0.15) is 5.75 Å². The monoisotopic (exact) mass is 325 g/mol. The predicted octanol–water partition coefficient (Wildman–Crippen LogP) is 3.64. The average Bonchev–Trinajstić information content (AvgIpc) is 3.00. The highest BCUT2D eigenvalue weighted by Crippen LogP contribution is 2.15. The van der Waals surface area contributed by atoms with E-state index >= 15 is 0 Å². The van der Waals surface area contributed by atoms with E-state index in [0.717, 1.165) is 12.0 Å². The highest BCUT2D eigenvalue weighted by atomic mass is 32.1. The van der Waals surface area contributed by atoms with E-state index in [1.54, 1.807) is 23.5 Å². The molecule has 6 heteroatoms. The number of nitrogens with one attached hydrogen (secondary N) is 1. The van der Waals surface area contributed by atoms with Gasteiger partial charge in [-0.15, -0.1) is 0 Å². The van der Waals surface area contributed by atoms with Crippen LogP contribution < -0.4 is 10.1 Å². The Labute approximate surface area is 131 Å². The van der Waals surface area contributed by atoms with Gasteiger partial charge in [-0.05, 0) is 52.9 Å². The molecule has 1 heterocycles. The second-order valence-electron chi connectivity index (χ2n) is 4.75. The summed E-state index contributed by atoms with van der Waals surface area (Å²) in [6.07, 6.45) is 1.87. The molecule has 3 nitrogen and oxygen atoms in total. The molecular formula is C16H17F2NO2S. The third-order valence-corrected chi connectivity index (χ3v) is 3.84. The Balaban J connectivity index is 1.66. The second kappa shape index (κ2) is 8.48. The molecule has 1 amide bonds. The van der Waals surface area contributed by atoms with Crippen LogP contribution >= 0.6 is 11.3 Å². The third kappa shape index (κ3) is 5.81. The lowest BCUT2D eigenvalue weighted by molar-refractivity contribution is -0.121. The lowest BCUT2D eigenvalue weighted by Crippen LogP contribution is -2.25. The Kier molecular flexibility index (Phi) is 6.33. The van der Waals surface area contributed by atoms with Crippen molar-refractivity contribution in [3.05, 3.63) is 52.2 Å². The Bertz CT molecular complexity index is 570. The number of hydrogen-bond acceptors (Lipinski definition) is 3. The quantitative estimate of drug-likeness (QED) is 0.805. The Morgan fingerprint density at radius 2 is 1.91 bits per heavy atom. The van der Waals surface area contributed by atoms with Gasteiger partial charge in [0.15, 0.2) is 0 Å². The molecule has 0 aliphatic rings. The van der Waals surface area contributed by atoms with Gasteiger partial charge in [-0.2, -0.15) is 20.1 Å². The number of hydrogen-bond donors (Lipinski definition) is 1. The van der Waals surface area contributed by atoms with Crippen molar-refractivity contribution in [3.8, 4) is 5.75 Å². The van der Waals surface area contributed by atoms with E-state index < -0.39 is 6.61 Å². The van der Waals surface area contributed by atoms with Crippen molar-refractivity contribution in [3.63, 3.8) is 0 Å². The number of carbonyl (C=O) groups excluding carboxylic acids is 1. The van der Waals surface area contributed by atoms with Crippen LogP contribution in [0.25, 0.3) is 0 Å². The van der Waals surface area contributed by atoms with E-state index in [-0.39, 0.29) is 11.7 Å². The standard InChI is InChI=1S/C16H17F2NO2S/c17-16(18)21-14-4-1-12(2-5-14)7-9-19-15(20)6-3-13-8-10-22-11-13/h1-2,4-5,8,10-11,16H,3,6-7,9H2,(H,19,20). The fraction of sp³-hybridized carbons (Fsp3) is 0.312. The zero-order valence-corrected chi connectivity index (χ0v) is 12.7. The third-order valence-electron chi connectivity index (χ3n) is 3.11.